The van der Waals surface area contributed by atoms with Gasteiger partial charge in [0.25, 0.3) is 0 Å². The SMILES string of the molecule is CCCNC(CC1CCCC1)CC1(OC)CCC1. The second kappa shape index (κ2) is 6.91. The van der Waals surface area contributed by atoms with Gasteiger partial charge in [0, 0.05) is 13.2 Å². The molecule has 0 aromatic heterocycles. The van der Waals surface area contributed by atoms with Gasteiger partial charge in [0.15, 0.2) is 0 Å². The van der Waals surface area contributed by atoms with Crippen molar-refractivity contribution in [2.45, 2.75) is 82.8 Å². The molecule has 0 radical (unpaired) electrons. The molecule has 18 heavy (non-hydrogen) atoms. The first-order chi connectivity index (χ1) is 8.78. The van der Waals surface area contributed by atoms with E-state index >= 15 is 0 Å². The Labute approximate surface area is 113 Å². The number of ether oxygens (including phenoxy) is 1. The van der Waals surface area contributed by atoms with E-state index in [1.807, 2.05) is 7.11 Å². The second-order valence-corrected chi connectivity index (χ2v) is 6.48. The van der Waals surface area contributed by atoms with Crippen molar-refractivity contribution in [3.05, 3.63) is 0 Å². The summed E-state index contributed by atoms with van der Waals surface area (Å²) in [5, 5.41) is 3.77. The number of hydrogen-bond donors (Lipinski definition) is 1. The highest BCUT2D eigenvalue weighted by atomic mass is 16.5. The monoisotopic (exact) mass is 253 g/mol. The van der Waals surface area contributed by atoms with Crippen molar-refractivity contribution < 1.29 is 4.74 Å². The molecule has 1 N–H and O–H groups in total. The quantitative estimate of drug-likeness (QED) is 0.708. The predicted octanol–water partition coefficient (Wildman–Crippen LogP) is 3.89. The van der Waals surface area contributed by atoms with E-state index in [4.69, 9.17) is 4.74 Å². The van der Waals surface area contributed by atoms with E-state index in [0.717, 1.165) is 12.5 Å². The van der Waals surface area contributed by atoms with Gasteiger partial charge in [0.2, 0.25) is 0 Å². The molecule has 0 spiro atoms. The molecule has 0 saturated heterocycles. The molecular weight excluding hydrogens is 222 g/mol. The topological polar surface area (TPSA) is 21.3 Å². The minimum absolute atomic E-state index is 0.226. The minimum atomic E-state index is 0.226. The zero-order valence-electron chi connectivity index (χ0n) is 12.3. The van der Waals surface area contributed by atoms with Crippen molar-refractivity contribution in [1.29, 1.82) is 0 Å². The molecule has 2 aliphatic carbocycles. The molecule has 2 nitrogen and oxygen atoms in total. The Morgan fingerprint density at radius 2 is 1.94 bits per heavy atom. The van der Waals surface area contributed by atoms with E-state index < -0.39 is 0 Å². The Morgan fingerprint density at radius 3 is 2.44 bits per heavy atom. The van der Waals surface area contributed by atoms with Crippen molar-refractivity contribution in [1.82, 2.24) is 5.32 Å². The first kappa shape index (κ1) is 14.3. The van der Waals surface area contributed by atoms with Gasteiger partial charge in [-0.2, -0.15) is 0 Å². The van der Waals surface area contributed by atoms with Gasteiger partial charge in [0.1, 0.15) is 0 Å². The lowest BCUT2D eigenvalue weighted by molar-refractivity contribution is -0.0845. The van der Waals surface area contributed by atoms with Crippen LogP contribution >= 0.6 is 0 Å². The van der Waals surface area contributed by atoms with Crippen LogP contribution in [0.25, 0.3) is 0 Å². The van der Waals surface area contributed by atoms with E-state index in [2.05, 4.69) is 12.2 Å². The van der Waals surface area contributed by atoms with Crippen molar-refractivity contribution in [2.75, 3.05) is 13.7 Å². The third-order valence-corrected chi connectivity index (χ3v) is 5.09. The summed E-state index contributed by atoms with van der Waals surface area (Å²) in [6, 6.07) is 0.688. The Bertz CT molecular complexity index is 226. The van der Waals surface area contributed by atoms with Crippen molar-refractivity contribution in [2.24, 2.45) is 5.92 Å². The number of nitrogens with one attached hydrogen (secondary N) is 1. The van der Waals surface area contributed by atoms with Gasteiger partial charge >= 0.3 is 0 Å². The van der Waals surface area contributed by atoms with E-state index in [0.29, 0.717) is 6.04 Å². The predicted molar refractivity (Wildman–Crippen MR) is 76.9 cm³/mol. The van der Waals surface area contributed by atoms with Gasteiger partial charge in [-0.1, -0.05) is 32.6 Å². The summed E-state index contributed by atoms with van der Waals surface area (Å²) < 4.78 is 5.81. The Hall–Kier alpha value is -0.0800. The highest BCUT2D eigenvalue weighted by Crippen LogP contribution is 2.40. The zero-order chi connectivity index (χ0) is 12.8. The average molecular weight is 253 g/mol. The molecule has 0 aliphatic heterocycles. The van der Waals surface area contributed by atoms with Crippen LogP contribution in [-0.4, -0.2) is 25.3 Å². The number of hydrogen-bond acceptors (Lipinski definition) is 2. The van der Waals surface area contributed by atoms with Gasteiger partial charge in [-0.15, -0.1) is 0 Å². The maximum atomic E-state index is 5.81. The lowest BCUT2D eigenvalue weighted by Crippen LogP contribution is -2.46. The molecule has 2 saturated carbocycles. The van der Waals surface area contributed by atoms with Crippen LogP contribution in [0, 0.1) is 5.92 Å². The van der Waals surface area contributed by atoms with Crippen LogP contribution in [0.5, 0.6) is 0 Å². The van der Waals surface area contributed by atoms with Crippen molar-refractivity contribution >= 4 is 0 Å². The molecule has 2 aliphatic rings. The summed E-state index contributed by atoms with van der Waals surface area (Å²) >= 11 is 0. The molecular formula is C16H31NO. The van der Waals surface area contributed by atoms with Crippen LogP contribution in [0.15, 0.2) is 0 Å². The van der Waals surface area contributed by atoms with Crippen molar-refractivity contribution in [3.63, 3.8) is 0 Å². The fourth-order valence-electron chi connectivity index (χ4n) is 3.75. The van der Waals surface area contributed by atoms with Crippen LogP contribution in [0.2, 0.25) is 0 Å². The highest BCUT2D eigenvalue weighted by Gasteiger charge is 2.39. The smallest absolute Gasteiger partial charge is 0.0693 e. The molecule has 0 amide bonds. The number of rotatable bonds is 8. The van der Waals surface area contributed by atoms with Gasteiger partial charge in [-0.3, -0.25) is 0 Å². The summed E-state index contributed by atoms with van der Waals surface area (Å²) in [5.74, 6) is 0.980. The van der Waals surface area contributed by atoms with Crippen LogP contribution < -0.4 is 5.32 Å². The summed E-state index contributed by atoms with van der Waals surface area (Å²) in [6.45, 7) is 3.42. The average Bonchev–Trinajstić information content (AvgIpc) is 2.83. The lowest BCUT2D eigenvalue weighted by Gasteiger charge is -2.43. The normalized spacial score (nSPS) is 25.0. The molecule has 2 heteroatoms. The summed E-state index contributed by atoms with van der Waals surface area (Å²) in [6.07, 6.45) is 13.6. The second-order valence-electron chi connectivity index (χ2n) is 6.48. The maximum absolute atomic E-state index is 5.81. The summed E-state index contributed by atoms with van der Waals surface area (Å²) in [4.78, 5) is 0. The van der Waals surface area contributed by atoms with E-state index in [1.54, 1.807) is 0 Å². The Kier molecular flexibility index (Phi) is 5.50. The third-order valence-electron chi connectivity index (χ3n) is 5.09. The molecule has 2 rings (SSSR count). The van der Waals surface area contributed by atoms with Gasteiger partial charge in [0.05, 0.1) is 5.60 Å². The first-order valence-corrected chi connectivity index (χ1v) is 8.06. The van der Waals surface area contributed by atoms with Crippen molar-refractivity contribution in [3.8, 4) is 0 Å². The molecule has 106 valence electrons. The van der Waals surface area contributed by atoms with Crippen LogP contribution in [0.4, 0.5) is 0 Å². The van der Waals surface area contributed by atoms with Gasteiger partial charge in [-0.05, 0) is 51.0 Å². The molecule has 0 heterocycles. The van der Waals surface area contributed by atoms with Crippen LogP contribution in [0.1, 0.15) is 71.1 Å². The van der Waals surface area contributed by atoms with E-state index in [9.17, 15) is 0 Å². The summed E-state index contributed by atoms with van der Waals surface area (Å²) in [5.41, 5.74) is 0.226. The van der Waals surface area contributed by atoms with Gasteiger partial charge < -0.3 is 10.1 Å². The standard InChI is InChI=1S/C16H31NO/c1-3-11-17-15(12-14-7-4-5-8-14)13-16(18-2)9-6-10-16/h14-15,17H,3-13H2,1-2H3. The van der Waals surface area contributed by atoms with E-state index in [1.165, 1.54) is 64.2 Å². The van der Waals surface area contributed by atoms with Gasteiger partial charge in [-0.25, -0.2) is 0 Å². The molecule has 2 fully saturated rings. The fraction of sp³-hybridized carbons (Fsp3) is 1.00. The molecule has 0 aromatic carbocycles. The Morgan fingerprint density at radius 1 is 1.22 bits per heavy atom. The fourth-order valence-corrected chi connectivity index (χ4v) is 3.75. The zero-order valence-corrected chi connectivity index (χ0v) is 12.3. The molecule has 1 atom stereocenters. The van der Waals surface area contributed by atoms with E-state index in [-0.39, 0.29) is 5.60 Å². The molecule has 0 bridgehead atoms. The molecule has 0 aromatic rings. The first-order valence-electron chi connectivity index (χ1n) is 8.06. The third kappa shape index (κ3) is 3.71. The van der Waals surface area contributed by atoms with Crippen LogP contribution in [-0.2, 0) is 4.74 Å². The minimum Gasteiger partial charge on any atom is -0.378 e. The maximum Gasteiger partial charge on any atom is 0.0693 e. The Balaban J connectivity index is 1.82. The summed E-state index contributed by atoms with van der Waals surface area (Å²) in [7, 11) is 1.91. The number of methoxy groups -OCH3 is 1. The van der Waals surface area contributed by atoms with Crippen LogP contribution in [0.3, 0.4) is 0 Å². The molecule has 1 unspecified atom stereocenters. The highest BCUT2D eigenvalue weighted by molar-refractivity contribution is 4.93. The largest absolute Gasteiger partial charge is 0.378 e. The lowest BCUT2D eigenvalue weighted by atomic mass is 9.74.